The molecule has 0 saturated heterocycles. The van der Waals surface area contributed by atoms with Crippen LogP contribution in [-0.2, 0) is 12.8 Å². The van der Waals surface area contributed by atoms with Crippen LogP contribution in [0.25, 0.3) is 5.69 Å². The summed E-state index contributed by atoms with van der Waals surface area (Å²) < 4.78 is 14.8. The van der Waals surface area contributed by atoms with Crippen LogP contribution in [0.5, 0.6) is 0 Å². The van der Waals surface area contributed by atoms with Gasteiger partial charge in [-0.1, -0.05) is 30.0 Å². The van der Waals surface area contributed by atoms with Crippen LogP contribution < -0.4 is 0 Å². The van der Waals surface area contributed by atoms with Crippen LogP contribution >= 0.6 is 11.8 Å². The van der Waals surface area contributed by atoms with E-state index in [4.69, 9.17) is 0 Å². The van der Waals surface area contributed by atoms with Gasteiger partial charge in [0.05, 0.1) is 11.4 Å². The number of aryl methyl sites for hydroxylation is 2. The largest absolute Gasteiger partial charge is 0.293 e. The summed E-state index contributed by atoms with van der Waals surface area (Å²) in [5, 5.41) is 11.9. The molecule has 0 N–H and O–H groups in total. The number of Topliss-reactive ketones (excluding diaryl/α,β-unsaturated/α-hetero) is 1. The summed E-state index contributed by atoms with van der Waals surface area (Å²) in [6, 6.07) is 12.0. The molecule has 5 nitrogen and oxygen atoms in total. The first kappa shape index (κ1) is 16.0. The summed E-state index contributed by atoms with van der Waals surface area (Å²) in [4.78, 5) is 12.5. The SMILES string of the molecule is O=C(CSc1nnnn1-c1cccc(F)c1)c1ccc2c(c1)CCC2. The molecule has 3 aromatic rings. The Morgan fingerprint density at radius 2 is 2.04 bits per heavy atom. The highest BCUT2D eigenvalue weighted by Gasteiger charge is 2.16. The van der Waals surface area contributed by atoms with Gasteiger partial charge in [-0.25, -0.2) is 4.39 Å². The third kappa shape index (κ3) is 3.32. The van der Waals surface area contributed by atoms with Crippen LogP contribution in [0.2, 0.25) is 0 Å². The number of benzene rings is 2. The van der Waals surface area contributed by atoms with Gasteiger partial charge in [0, 0.05) is 5.56 Å². The van der Waals surface area contributed by atoms with Crippen molar-refractivity contribution in [2.24, 2.45) is 0 Å². The minimum Gasteiger partial charge on any atom is -0.293 e. The molecular formula is C18H15FN4OS. The molecule has 2 aromatic carbocycles. The van der Waals surface area contributed by atoms with Crippen molar-refractivity contribution in [3.63, 3.8) is 0 Å². The average molecular weight is 354 g/mol. The van der Waals surface area contributed by atoms with Crippen molar-refractivity contribution in [2.45, 2.75) is 24.4 Å². The van der Waals surface area contributed by atoms with E-state index in [9.17, 15) is 9.18 Å². The van der Waals surface area contributed by atoms with E-state index >= 15 is 0 Å². The molecule has 1 heterocycles. The number of hydrogen-bond donors (Lipinski definition) is 0. The molecular weight excluding hydrogens is 339 g/mol. The zero-order chi connectivity index (χ0) is 17.2. The number of tetrazole rings is 1. The fourth-order valence-electron chi connectivity index (χ4n) is 3.00. The van der Waals surface area contributed by atoms with Crippen LogP contribution in [0.1, 0.15) is 27.9 Å². The van der Waals surface area contributed by atoms with Gasteiger partial charge in [0.2, 0.25) is 5.16 Å². The quantitative estimate of drug-likeness (QED) is 0.520. The Morgan fingerprint density at radius 3 is 2.92 bits per heavy atom. The molecule has 0 bridgehead atoms. The van der Waals surface area contributed by atoms with Crippen molar-refractivity contribution in [1.82, 2.24) is 20.2 Å². The summed E-state index contributed by atoms with van der Waals surface area (Å²) in [6.07, 6.45) is 3.30. The smallest absolute Gasteiger partial charge is 0.214 e. The molecule has 0 aliphatic heterocycles. The number of nitrogens with zero attached hydrogens (tertiary/aromatic N) is 4. The Labute approximate surface area is 148 Å². The molecule has 126 valence electrons. The first-order valence-corrected chi connectivity index (χ1v) is 9.01. The second-order valence-electron chi connectivity index (χ2n) is 5.90. The number of thioether (sulfide) groups is 1. The van der Waals surface area contributed by atoms with Crippen LogP contribution in [-0.4, -0.2) is 31.7 Å². The lowest BCUT2D eigenvalue weighted by atomic mass is 10.0. The van der Waals surface area contributed by atoms with Gasteiger partial charge in [0.15, 0.2) is 5.78 Å². The summed E-state index contributed by atoms with van der Waals surface area (Å²) in [6.45, 7) is 0. The predicted octanol–water partition coefficient (Wildman–Crippen LogP) is 3.27. The summed E-state index contributed by atoms with van der Waals surface area (Å²) >= 11 is 1.25. The Hall–Kier alpha value is -2.54. The Bertz CT molecular complexity index is 940. The van der Waals surface area contributed by atoms with E-state index in [1.54, 1.807) is 12.1 Å². The monoisotopic (exact) mass is 354 g/mol. The van der Waals surface area contributed by atoms with Crippen molar-refractivity contribution in [3.8, 4) is 5.69 Å². The molecule has 0 atom stereocenters. The van der Waals surface area contributed by atoms with E-state index in [1.807, 2.05) is 12.1 Å². The predicted molar refractivity (Wildman–Crippen MR) is 92.6 cm³/mol. The third-order valence-corrected chi connectivity index (χ3v) is 5.17. The Balaban J connectivity index is 1.49. The molecule has 0 radical (unpaired) electrons. The van der Waals surface area contributed by atoms with E-state index in [0.29, 0.717) is 10.8 Å². The van der Waals surface area contributed by atoms with Crippen molar-refractivity contribution < 1.29 is 9.18 Å². The second-order valence-corrected chi connectivity index (χ2v) is 6.84. The highest BCUT2D eigenvalue weighted by atomic mass is 32.2. The molecule has 1 aliphatic carbocycles. The van der Waals surface area contributed by atoms with E-state index in [2.05, 4.69) is 21.6 Å². The number of rotatable bonds is 5. The van der Waals surface area contributed by atoms with E-state index in [-0.39, 0.29) is 17.4 Å². The number of halogens is 1. The molecule has 0 saturated carbocycles. The van der Waals surface area contributed by atoms with Crippen LogP contribution in [0.15, 0.2) is 47.6 Å². The fraction of sp³-hybridized carbons (Fsp3) is 0.222. The minimum absolute atomic E-state index is 0.0356. The molecule has 0 fully saturated rings. The molecule has 0 spiro atoms. The van der Waals surface area contributed by atoms with E-state index in [0.717, 1.165) is 24.8 Å². The maximum Gasteiger partial charge on any atom is 0.214 e. The summed E-state index contributed by atoms with van der Waals surface area (Å²) in [5.41, 5.74) is 3.87. The zero-order valence-corrected chi connectivity index (χ0v) is 14.2. The Kier molecular flexibility index (Phi) is 4.31. The van der Waals surface area contributed by atoms with Gasteiger partial charge in [-0.2, -0.15) is 4.68 Å². The normalized spacial score (nSPS) is 13.0. The fourth-order valence-corrected chi connectivity index (χ4v) is 3.78. The van der Waals surface area contributed by atoms with Crippen molar-refractivity contribution in [3.05, 3.63) is 65.0 Å². The molecule has 0 amide bonds. The zero-order valence-electron chi connectivity index (χ0n) is 13.4. The van der Waals surface area contributed by atoms with E-state index in [1.165, 1.54) is 39.7 Å². The number of ketones is 1. The van der Waals surface area contributed by atoms with Crippen LogP contribution in [0.3, 0.4) is 0 Å². The van der Waals surface area contributed by atoms with E-state index < -0.39 is 0 Å². The Morgan fingerprint density at radius 1 is 1.16 bits per heavy atom. The number of carbonyl (C=O) groups is 1. The van der Waals surface area contributed by atoms with Gasteiger partial charge in [-0.15, -0.1) is 5.10 Å². The third-order valence-electron chi connectivity index (χ3n) is 4.25. The second kappa shape index (κ2) is 6.76. The number of aromatic nitrogens is 4. The highest BCUT2D eigenvalue weighted by Crippen LogP contribution is 2.24. The number of fused-ring (bicyclic) bond motifs is 1. The lowest BCUT2D eigenvalue weighted by molar-refractivity contribution is 0.102. The number of carbonyl (C=O) groups excluding carboxylic acids is 1. The molecule has 1 aliphatic rings. The van der Waals surface area contributed by atoms with Gasteiger partial charge >= 0.3 is 0 Å². The van der Waals surface area contributed by atoms with Gasteiger partial charge in [0.25, 0.3) is 0 Å². The topological polar surface area (TPSA) is 60.7 Å². The molecule has 25 heavy (non-hydrogen) atoms. The molecule has 7 heteroatoms. The summed E-state index contributed by atoms with van der Waals surface area (Å²) in [7, 11) is 0. The van der Waals surface area contributed by atoms with Gasteiger partial charge < -0.3 is 0 Å². The van der Waals surface area contributed by atoms with Gasteiger partial charge in [-0.3, -0.25) is 4.79 Å². The first-order valence-electron chi connectivity index (χ1n) is 8.03. The molecule has 1 aromatic heterocycles. The maximum atomic E-state index is 13.4. The maximum absolute atomic E-state index is 13.4. The summed E-state index contributed by atoms with van der Waals surface area (Å²) in [5.74, 6) is -0.0965. The van der Waals surface area contributed by atoms with Crippen molar-refractivity contribution >= 4 is 17.5 Å². The van der Waals surface area contributed by atoms with Crippen LogP contribution in [0, 0.1) is 5.82 Å². The lowest BCUT2D eigenvalue weighted by Crippen LogP contribution is -2.05. The first-order chi connectivity index (χ1) is 12.2. The van der Waals surface area contributed by atoms with Crippen LogP contribution in [0.4, 0.5) is 4.39 Å². The molecule has 4 rings (SSSR count). The van der Waals surface area contributed by atoms with Gasteiger partial charge in [0.1, 0.15) is 5.82 Å². The lowest BCUT2D eigenvalue weighted by Gasteiger charge is -2.05. The average Bonchev–Trinajstić information content (AvgIpc) is 3.28. The van der Waals surface area contributed by atoms with Crippen molar-refractivity contribution in [1.29, 1.82) is 0 Å². The highest BCUT2D eigenvalue weighted by molar-refractivity contribution is 7.99. The minimum atomic E-state index is -0.363. The molecule has 0 unspecified atom stereocenters. The van der Waals surface area contributed by atoms with Gasteiger partial charge in [-0.05, 0) is 65.1 Å². The number of hydrogen-bond acceptors (Lipinski definition) is 5. The standard InChI is InChI=1S/C18H15FN4OS/c19-15-5-2-6-16(10-15)23-18(20-21-22-23)25-11-17(24)14-8-7-12-3-1-4-13(12)9-14/h2,5-10H,1,3-4,11H2. The van der Waals surface area contributed by atoms with Crippen molar-refractivity contribution in [2.75, 3.05) is 5.75 Å².